The van der Waals surface area contributed by atoms with Gasteiger partial charge in [0.25, 0.3) is 5.91 Å². The minimum atomic E-state index is -1.41. The van der Waals surface area contributed by atoms with Crippen LogP contribution in [0.5, 0.6) is 0 Å². The number of aromatic nitrogens is 2. The highest BCUT2D eigenvalue weighted by Gasteiger charge is 2.48. The van der Waals surface area contributed by atoms with Crippen LogP contribution in [0.1, 0.15) is 96.7 Å². The number of benzene rings is 2. The summed E-state index contributed by atoms with van der Waals surface area (Å²) in [7, 11) is 0. The smallest absolute Gasteiger partial charge is 0.257 e. The quantitative estimate of drug-likeness (QED) is 0.311. The Morgan fingerprint density at radius 3 is 2.51 bits per heavy atom. The van der Waals surface area contributed by atoms with Crippen LogP contribution < -0.4 is 0 Å². The van der Waals surface area contributed by atoms with Gasteiger partial charge in [0, 0.05) is 23.0 Å². The molecule has 9 nitrogen and oxygen atoms in total. The highest BCUT2D eigenvalue weighted by atomic mass is 35.5. The normalized spacial score (nSPS) is 22.9. The number of nitrogens with zero attached hydrogens (tertiary/aromatic N) is 4. The minimum absolute atomic E-state index is 0.0207. The predicted molar refractivity (Wildman–Crippen MR) is 155 cm³/mol. The third-order valence-electron chi connectivity index (χ3n) is 8.49. The van der Waals surface area contributed by atoms with Gasteiger partial charge in [0.05, 0.1) is 35.5 Å². The summed E-state index contributed by atoms with van der Waals surface area (Å²) < 4.78 is 22.3. The van der Waals surface area contributed by atoms with Crippen molar-refractivity contribution in [3.8, 4) is 6.07 Å². The van der Waals surface area contributed by atoms with Crippen LogP contribution in [0.25, 0.3) is 0 Å². The number of amides is 1. The number of aliphatic hydroxyl groups is 3. The second-order valence-corrected chi connectivity index (χ2v) is 11.8. The van der Waals surface area contributed by atoms with Crippen molar-refractivity contribution in [2.24, 2.45) is 5.92 Å². The number of nitriles is 1. The Kier molecular flexibility index (Phi) is 9.11. The SMILES string of the molecule is CCC(O)(c1cc(F)c2c(c1)C(=O)N(C(c1cccc(Cl)c1)c1ncc(C#N)cn1)[C@@H]2OC[C@@H](C)O)C1CCC(O)CC1. The molecule has 2 aromatic carbocycles. The molecule has 0 bridgehead atoms. The van der Waals surface area contributed by atoms with Crippen molar-refractivity contribution in [1.29, 1.82) is 5.26 Å². The van der Waals surface area contributed by atoms with E-state index in [1.807, 2.05) is 13.0 Å². The maximum Gasteiger partial charge on any atom is 0.257 e. The van der Waals surface area contributed by atoms with E-state index in [0.29, 0.717) is 36.3 Å². The summed E-state index contributed by atoms with van der Waals surface area (Å²) in [6, 6.07) is 10.5. The summed E-state index contributed by atoms with van der Waals surface area (Å²) >= 11 is 6.34. The second kappa shape index (κ2) is 12.6. The van der Waals surface area contributed by atoms with Crippen molar-refractivity contribution in [3.63, 3.8) is 0 Å². The number of aliphatic hydroxyl groups excluding tert-OH is 2. The molecule has 4 atom stereocenters. The number of fused-ring (bicyclic) bond motifs is 1. The molecular formula is C32H34ClFN4O5. The van der Waals surface area contributed by atoms with E-state index in [0.717, 1.165) is 0 Å². The van der Waals surface area contributed by atoms with Gasteiger partial charge in [-0.2, -0.15) is 5.26 Å². The maximum absolute atomic E-state index is 16.2. The van der Waals surface area contributed by atoms with Gasteiger partial charge >= 0.3 is 0 Å². The highest BCUT2D eigenvalue weighted by molar-refractivity contribution is 6.30. The molecule has 3 N–H and O–H groups in total. The Morgan fingerprint density at radius 1 is 1.21 bits per heavy atom. The number of rotatable bonds is 9. The highest BCUT2D eigenvalue weighted by Crippen LogP contribution is 2.47. The summed E-state index contributed by atoms with van der Waals surface area (Å²) in [5.41, 5.74) is -0.387. The molecule has 2 heterocycles. The zero-order chi connectivity index (χ0) is 30.9. The van der Waals surface area contributed by atoms with Crippen LogP contribution >= 0.6 is 11.6 Å². The lowest BCUT2D eigenvalue weighted by Crippen LogP contribution is -2.38. The van der Waals surface area contributed by atoms with E-state index in [4.69, 9.17) is 16.3 Å². The van der Waals surface area contributed by atoms with E-state index in [-0.39, 0.29) is 47.0 Å². The Hall–Kier alpha value is -3.46. The van der Waals surface area contributed by atoms with Crippen molar-refractivity contribution >= 4 is 17.5 Å². The molecule has 1 aliphatic heterocycles. The van der Waals surface area contributed by atoms with Crippen LogP contribution in [0.2, 0.25) is 5.02 Å². The number of hydrogen-bond acceptors (Lipinski definition) is 8. The van der Waals surface area contributed by atoms with Gasteiger partial charge in [-0.25, -0.2) is 14.4 Å². The molecular weight excluding hydrogens is 575 g/mol. The number of ether oxygens (including phenoxy) is 1. The number of carbonyl (C=O) groups is 1. The van der Waals surface area contributed by atoms with Crippen LogP contribution in [0.4, 0.5) is 4.39 Å². The van der Waals surface area contributed by atoms with Gasteiger partial charge in [0.2, 0.25) is 0 Å². The maximum atomic E-state index is 16.2. The monoisotopic (exact) mass is 608 g/mol. The lowest BCUT2D eigenvalue weighted by Gasteiger charge is -2.39. The lowest BCUT2D eigenvalue weighted by atomic mass is 9.71. The predicted octanol–water partition coefficient (Wildman–Crippen LogP) is 4.93. The first-order valence-electron chi connectivity index (χ1n) is 14.4. The Balaban J connectivity index is 1.65. The third-order valence-corrected chi connectivity index (χ3v) is 8.72. The molecule has 2 aliphatic rings. The van der Waals surface area contributed by atoms with Crippen LogP contribution in [-0.2, 0) is 10.3 Å². The van der Waals surface area contributed by atoms with Crippen molar-refractivity contribution in [2.45, 2.75) is 76.0 Å². The summed E-state index contributed by atoms with van der Waals surface area (Å²) in [5.74, 6) is -1.38. The second-order valence-electron chi connectivity index (χ2n) is 11.3. The van der Waals surface area contributed by atoms with E-state index >= 15 is 4.39 Å². The fourth-order valence-corrected chi connectivity index (χ4v) is 6.46. The van der Waals surface area contributed by atoms with Crippen LogP contribution in [0.3, 0.4) is 0 Å². The summed E-state index contributed by atoms with van der Waals surface area (Å²) in [6.07, 6.45) is 2.55. The molecule has 0 saturated heterocycles. The molecule has 0 spiro atoms. The molecule has 2 unspecified atom stereocenters. The van der Waals surface area contributed by atoms with Crippen LogP contribution in [-0.4, -0.2) is 54.9 Å². The zero-order valence-electron chi connectivity index (χ0n) is 24.0. The van der Waals surface area contributed by atoms with Crippen molar-refractivity contribution in [1.82, 2.24) is 14.9 Å². The van der Waals surface area contributed by atoms with Crippen molar-refractivity contribution in [2.75, 3.05) is 6.61 Å². The summed E-state index contributed by atoms with van der Waals surface area (Å²) in [6.45, 7) is 3.13. The van der Waals surface area contributed by atoms with Gasteiger partial charge in [-0.15, -0.1) is 0 Å². The van der Waals surface area contributed by atoms with E-state index in [1.54, 1.807) is 24.3 Å². The molecule has 1 amide bonds. The standard InChI is InChI=1S/C32H34ClFN4O5/c1-3-32(42,21-7-9-24(40)10-8-21)22-12-25-27(26(34)13-22)31(43-17-18(2)39)38(30(25)41)28(20-5-4-6-23(33)11-20)29-36-15-19(14-35)16-37-29/h4-6,11-13,15-16,18,21,24,28,31,39-40,42H,3,7-10,17H2,1-2H3/t18-,21?,24?,28?,31-,32?/m1/s1. The van der Waals surface area contributed by atoms with Gasteiger partial charge in [0.1, 0.15) is 17.9 Å². The fraction of sp³-hybridized carbons (Fsp3) is 0.438. The minimum Gasteiger partial charge on any atom is -0.393 e. The molecule has 1 aliphatic carbocycles. The van der Waals surface area contributed by atoms with Crippen LogP contribution in [0, 0.1) is 23.1 Å². The zero-order valence-corrected chi connectivity index (χ0v) is 24.7. The fourth-order valence-electron chi connectivity index (χ4n) is 6.26. The van der Waals surface area contributed by atoms with Gasteiger partial charge in [0.15, 0.2) is 12.1 Å². The molecule has 1 aromatic heterocycles. The Morgan fingerprint density at radius 2 is 1.91 bits per heavy atom. The largest absolute Gasteiger partial charge is 0.393 e. The van der Waals surface area contributed by atoms with Gasteiger partial charge in [-0.05, 0) is 80.3 Å². The molecule has 5 rings (SSSR count). The average molecular weight is 609 g/mol. The molecule has 1 saturated carbocycles. The number of carbonyl (C=O) groups excluding carboxylic acids is 1. The topological polar surface area (TPSA) is 140 Å². The number of hydrogen-bond donors (Lipinski definition) is 3. The van der Waals surface area contributed by atoms with E-state index in [9.17, 15) is 25.4 Å². The van der Waals surface area contributed by atoms with Gasteiger partial charge in [-0.3, -0.25) is 9.69 Å². The van der Waals surface area contributed by atoms with Crippen molar-refractivity contribution in [3.05, 3.63) is 93.3 Å². The van der Waals surface area contributed by atoms with Gasteiger partial charge in [-0.1, -0.05) is 30.7 Å². The molecule has 43 heavy (non-hydrogen) atoms. The molecule has 226 valence electrons. The third kappa shape index (κ3) is 6.01. The van der Waals surface area contributed by atoms with E-state index < -0.39 is 41.8 Å². The van der Waals surface area contributed by atoms with E-state index in [2.05, 4.69) is 9.97 Å². The lowest BCUT2D eigenvalue weighted by molar-refractivity contribution is -0.0777. The summed E-state index contributed by atoms with van der Waals surface area (Å²) in [5, 5.41) is 41.6. The Labute approximate surface area is 254 Å². The van der Waals surface area contributed by atoms with Gasteiger partial charge < -0.3 is 20.1 Å². The van der Waals surface area contributed by atoms with Crippen molar-refractivity contribution < 1.29 is 29.2 Å². The molecule has 1 fully saturated rings. The average Bonchev–Trinajstić information content (AvgIpc) is 3.28. The summed E-state index contributed by atoms with van der Waals surface area (Å²) in [4.78, 5) is 24.4. The first kappa shape index (κ1) is 31.0. The first-order valence-corrected chi connectivity index (χ1v) is 14.8. The molecule has 3 aromatic rings. The number of halogens is 2. The first-order chi connectivity index (χ1) is 20.6. The molecule has 11 heteroatoms. The molecule has 0 radical (unpaired) electrons. The van der Waals surface area contributed by atoms with Crippen LogP contribution in [0.15, 0.2) is 48.8 Å². The Bertz CT molecular complexity index is 1520. The van der Waals surface area contributed by atoms with E-state index in [1.165, 1.54) is 36.4 Å².